The SMILES string of the molecule is COC(COC(c1ccn[nH]1)[N+](=O)[O-])[Si](C)(C)C. The summed E-state index contributed by atoms with van der Waals surface area (Å²) < 4.78 is 10.7. The lowest BCUT2D eigenvalue weighted by molar-refractivity contribution is -0.585. The number of H-pyrrole nitrogens is 1. The molecule has 2 atom stereocenters. The maximum atomic E-state index is 11.0. The fourth-order valence-electron chi connectivity index (χ4n) is 1.52. The smallest absolute Gasteiger partial charge is 0.358 e. The first-order chi connectivity index (χ1) is 8.36. The summed E-state index contributed by atoms with van der Waals surface area (Å²) in [5.74, 6) is 0. The van der Waals surface area contributed by atoms with E-state index in [-0.39, 0.29) is 12.3 Å². The van der Waals surface area contributed by atoms with Gasteiger partial charge < -0.3 is 9.47 Å². The van der Waals surface area contributed by atoms with Crippen molar-refractivity contribution < 1.29 is 14.4 Å². The Morgan fingerprint density at radius 3 is 2.61 bits per heavy atom. The minimum Gasteiger partial charge on any atom is -0.383 e. The molecule has 0 fully saturated rings. The number of ether oxygens (including phenoxy) is 2. The molecule has 0 aliphatic heterocycles. The molecule has 1 aromatic heterocycles. The molecule has 0 bridgehead atoms. The second-order valence-electron chi connectivity index (χ2n) is 5.07. The highest BCUT2D eigenvalue weighted by Gasteiger charge is 2.31. The quantitative estimate of drug-likeness (QED) is 0.352. The molecule has 8 heteroatoms. The van der Waals surface area contributed by atoms with Crippen LogP contribution in [0.1, 0.15) is 11.9 Å². The topological polar surface area (TPSA) is 90.3 Å². The molecule has 2 unspecified atom stereocenters. The highest BCUT2D eigenvalue weighted by atomic mass is 28.3. The van der Waals surface area contributed by atoms with Crippen LogP contribution in [-0.2, 0) is 9.47 Å². The standard InChI is InChI=1S/C10H19N3O4Si/c1-16-9(18(2,3)4)7-17-10(13(14)15)8-5-6-11-12-8/h5-6,9-10H,7H2,1-4H3,(H,11,12). The van der Waals surface area contributed by atoms with E-state index in [0.717, 1.165) is 0 Å². The Kier molecular flexibility index (Phi) is 5.00. The average molecular weight is 273 g/mol. The van der Waals surface area contributed by atoms with E-state index in [1.165, 1.54) is 12.3 Å². The number of aromatic nitrogens is 2. The lowest BCUT2D eigenvalue weighted by atomic mass is 10.4. The van der Waals surface area contributed by atoms with Gasteiger partial charge in [-0.25, -0.2) is 0 Å². The molecular weight excluding hydrogens is 254 g/mol. The molecule has 7 nitrogen and oxygen atoms in total. The van der Waals surface area contributed by atoms with Crippen LogP contribution >= 0.6 is 0 Å². The Morgan fingerprint density at radius 2 is 2.22 bits per heavy atom. The molecule has 18 heavy (non-hydrogen) atoms. The second kappa shape index (κ2) is 6.07. The first-order valence-corrected chi connectivity index (χ1v) is 9.21. The van der Waals surface area contributed by atoms with Crippen molar-refractivity contribution in [2.45, 2.75) is 31.6 Å². The number of nitrogens with zero attached hydrogens (tertiary/aromatic N) is 2. The summed E-state index contributed by atoms with van der Waals surface area (Å²) in [4.78, 5) is 10.5. The van der Waals surface area contributed by atoms with Gasteiger partial charge in [0.05, 0.1) is 25.3 Å². The fraction of sp³-hybridized carbons (Fsp3) is 0.700. The van der Waals surface area contributed by atoms with Crippen LogP contribution in [0.4, 0.5) is 0 Å². The third kappa shape index (κ3) is 3.90. The molecule has 0 aliphatic carbocycles. The van der Waals surface area contributed by atoms with Crippen LogP contribution in [0, 0.1) is 10.1 Å². The number of hydrogen-bond donors (Lipinski definition) is 1. The van der Waals surface area contributed by atoms with Crippen molar-refractivity contribution in [3.8, 4) is 0 Å². The van der Waals surface area contributed by atoms with Crippen LogP contribution in [0.2, 0.25) is 19.6 Å². The van der Waals surface area contributed by atoms with E-state index in [9.17, 15) is 10.1 Å². The molecule has 0 saturated carbocycles. The summed E-state index contributed by atoms with van der Waals surface area (Å²) >= 11 is 0. The van der Waals surface area contributed by atoms with Gasteiger partial charge in [0, 0.05) is 13.3 Å². The molecule has 1 rings (SSSR count). The third-order valence-corrected chi connectivity index (χ3v) is 4.97. The third-order valence-electron chi connectivity index (χ3n) is 2.64. The first-order valence-electron chi connectivity index (χ1n) is 5.63. The van der Waals surface area contributed by atoms with E-state index in [4.69, 9.17) is 9.47 Å². The maximum Gasteiger partial charge on any atom is 0.358 e. The van der Waals surface area contributed by atoms with Crippen molar-refractivity contribution in [3.63, 3.8) is 0 Å². The van der Waals surface area contributed by atoms with Crippen LogP contribution in [0.5, 0.6) is 0 Å². The molecule has 0 radical (unpaired) electrons. The van der Waals surface area contributed by atoms with Gasteiger partial charge in [-0.3, -0.25) is 15.2 Å². The van der Waals surface area contributed by atoms with Crippen LogP contribution in [0.3, 0.4) is 0 Å². The molecule has 1 heterocycles. The molecule has 1 N–H and O–H groups in total. The van der Waals surface area contributed by atoms with E-state index < -0.39 is 19.2 Å². The van der Waals surface area contributed by atoms with Crippen LogP contribution in [0.25, 0.3) is 0 Å². The number of hydrogen-bond acceptors (Lipinski definition) is 5. The predicted octanol–water partition coefficient (Wildman–Crippen LogP) is 1.59. The van der Waals surface area contributed by atoms with Crippen LogP contribution in [-0.4, -0.2) is 42.6 Å². The normalized spacial score (nSPS) is 15.3. The van der Waals surface area contributed by atoms with Crippen molar-refractivity contribution in [2.24, 2.45) is 0 Å². The highest BCUT2D eigenvalue weighted by Crippen LogP contribution is 2.18. The number of rotatable bonds is 7. The monoisotopic (exact) mass is 273 g/mol. The zero-order valence-electron chi connectivity index (χ0n) is 11.0. The number of aromatic amines is 1. The van der Waals surface area contributed by atoms with Gasteiger partial charge in [0.1, 0.15) is 5.69 Å². The van der Waals surface area contributed by atoms with Crippen LogP contribution in [0.15, 0.2) is 12.3 Å². The lowest BCUT2D eigenvalue weighted by Gasteiger charge is -2.27. The van der Waals surface area contributed by atoms with Gasteiger partial charge in [0.15, 0.2) is 0 Å². The fourth-order valence-corrected chi connectivity index (χ4v) is 2.82. The Bertz CT molecular complexity index is 377. The number of nitro groups is 1. The Hall–Kier alpha value is -1.25. The highest BCUT2D eigenvalue weighted by molar-refractivity contribution is 6.77. The summed E-state index contributed by atoms with van der Waals surface area (Å²) in [7, 11) is 0.0321. The molecular formula is C10H19N3O4Si. The first kappa shape index (κ1) is 14.8. The van der Waals surface area contributed by atoms with Gasteiger partial charge in [-0.1, -0.05) is 19.6 Å². The Labute approximate surface area is 107 Å². The number of methoxy groups -OCH3 is 1. The molecule has 0 aliphatic rings. The van der Waals surface area contributed by atoms with Gasteiger partial charge >= 0.3 is 6.23 Å². The summed E-state index contributed by atoms with van der Waals surface area (Å²) in [6.45, 7) is 6.59. The molecule has 0 aromatic carbocycles. The van der Waals surface area contributed by atoms with Gasteiger partial charge in [0.2, 0.25) is 0 Å². The van der Waals surface area contributed by atoms with Gasteiger partial charge in [-0.15, -0.1) is 0 Å². The largest absolute Gasteiger partial charge is 0.383 e. The zero-order chi connectivity index (χ0) is 13.8. The van der Waals surface area contributed by atoms with E-state index >= 15 is 0 Å². The van der Waals surface area contributed by atoms with Gasteiger partial charge in [-0.05, 0) is 6.07 Å². The van der Waals surface area contributed by atoms with E-state index in [0.29, 0.717) is 5.69 Å². The average Bonchev–Trinajstić information content (AvgIpc) is 2.75. The Balaban J connectivity index is 2.66. The minimum absolute atomic E-state index is 0.0807. The molecule has 0 saturated heterocycles. The molecule has 0 spiro atoms. The maximum absolute atomic E-state index is 11.0. The van der Waals surface area contributed by atoms with Crippen molar-refractivity contribution in [1.29, 1.82) is 0 Å². The predicted molar refractivity (Wildman–Crippen MR) is 68.4 cm³/mol. The second-order valence-corrected chi connectivity index (χ2v) is 10.4. The van der Waals surface area contributed by atoms with E-state index in [1.54, 1.807) is 7.11 Å². The summed E-state index contributed by atoms with van der Waals surface area (Å²) in [6.07, 6.45) is 0.239. The van der Waals surface area contributed by atoms with Gasteiger partial charge in [0.25, 0.3) is 0 Å². The summed E-state index contributed by atoms with van der Waals surface area (Å²) in [6, 6.07) is 1.53. The van der Waals surface area contributed by atoms with Crippen molar-refractivity contribution >= 4 is 8.07 Å². The van der Waals surface area contributed by atoms with E-state index in [1.807, 2.05) is 0 Å². The summed E-state index contributed by atoms with van der Waals surface area (Å²) in [5, 5.41) is 17.2. The minimum atomic E-state index is -1.57. The summed E-state index contributed by atoms with van der Waals surface area (Å²) in [5.41, 5.74) is 0.258. The lowest BCUT2D eigenvalue weighted by Crippen LogP contribution is -2.43. The van der Waals surface area contributed by atoms with Crippen molar-refractivity contribution in [3.05, 3.63) is 28.1 Å². The molecule has 102 valence electrons. The van der Waals surface area contributed by atoms with Crippen LogP contribution < -0.4 is 0 Å². The number of nitrogens with one attached hydrogen (secondary N) is 1. The van der Waals surface area contributed by atoms with Crippen molar-refractivity contribution in [1.82, 2.24) is 10.2 Å². The van der Waals surface area contributed by atoms with Gasteiger partial charge in [-0.2, -0.15) is 5.10 Å². The zero-order valence-corrected chi connectivity index (χ0v) is 12.0. The Morgan fingerprint density at radius 1 is 1.56 bits per heavy atom. The molecule has 0 amide bonds. The van der Waals surface area contributed by atoms with E-state index in [2.05, 4.69) is 29.8 Å². The van der Waals surface area contributed by atoms with Crippen molar-refractivity contribution in [2.75, 3.05) is 13.7 Å². The molecule has 1 aromatic rings.